The minimum absolute atomic E-state index is 0.0632. The highest BCUT2D eigenvalue weighted by Crippen LogP contribution is 2.24. The van der Waals surface area contributed by atoms with Crippen molar-refractivity contribution in [2.75, 3.05) is 40.4 Å². The summed E-state index contributed by atoms with van der Waals surface area (Å²) in [5.41, 5.74) is 1.08. The topological polar surface area (TPSA) is 68.3 Å². The number of hydrogen-bond acceptors (Lipinski definition) is 6. The Bertz CT molecular complexity index is 1090. The van der Waals surface area contributed by atoms with E-state index in [1.54, 1.807) is 65.7 Å². The quantitative estimate of drug-likeness (QED) is 0.528. The summed E-state index contributed by atoms with van der Waals surface area (Å²) >= 11 is 1.63. The van der Waals surface area contributed by atoms with Crippen LogP contribution < -0.4 is 14.2 Å². The van der Waals surface area contributed by atoms with E-state index >= 15 is 0 Å². The van der Waals surface area contributed by atoms with Crippen molar-refractivity contribution in [2.45, 2.75) is 6.61 Å². The number of hydrogen-bond donors (Lipinski definition) is 0. The van der Waals surface area contributed by atoms with Crippen LogP contribution in [0.25, 0.3) is 0 Å². The fourth-order valence-electron chi connectivity index (χ4n) is 3.68. The summed E-state index contributed by atoms with van der Waals surface area (Å²) < 4.78 is 16.4. The number of methoxy groups -OCH3 is 2. The van der Waals surface area contributed by atoms with Crippen LogP contribution in [0.2, 0.25) is 0 Å². The van der Waals surface area contributed by atoms with Gasteiger partial charge in [0.25, 0.3) is 11.8 Å². The molecule has 7 nitrogen and oxygen atoms in total. The van der Waals surface area contributed by atoms with Gasteiger partial charge in [0.05, 0.1) is 14.2 Å². The summed E-state index contributed by atoms with van der Waals surface area (Å²) in [6.45, 7) is 2.32. The average Bonchev–Trinajstić information content (AvgIpc) is 3.40. The van der Waals surface area contributed by atoms with Gasteiger partial charge < -0.3 is 24.0 Å². The molecule has 1 aromatic heterocycles. The predicted molar refractivity (Wildman–Crippen MR) is 126 cm³/mol. The lowest BCUT2D eigenvalue weighted by molar-refractivity contribution is 0.0535. The second kappa shape index (κ2) is 10.4. The Hall–Kier alpha value is -3.52. The molecule has 0 atom stereocenters. The van der Waals surface area contributed by atoms with Gasteiger partial charge in [-0.15, -0.1) is 11.3 Å². The fourth-order valence-corrected chi connectivity index (χ4v) is 4.29. The maximum atomic E-state index is 13.0. The normalized spacial score (nSPS) is 13.5. The highest BCUT2D eigenvalue weighted by Gasteiger charge is 2.26. The van der Waals surface area contributed by atoms with Crippen molar-refractivity contribution in [3.05, 3.63) is 76.0 Å². The van der Waals surface area contributed by atoms with Crippen molar-refractivity contribution in [1.29, 1.82) is 0 Å². The van der Waals surface area contributed by atoms with Gasteiger partial charge in [-0.1, -0.05) is 12.1 Å². The van der Waals surface area contributed by atoms with E-state index in [2.05, 4.69) is 0 Å². The molecule has 1 saturated heterocycles. The lowest BCUT2D eigenvalue weighted by atomic mass is 10.1. The van der Waals surface area contributed by atoms with Crippen molar-refractivity contribution < 1.29 is 23.8 Å². The minimum atomic E-state index is -0.108. The Kier molecular flexibility index (Phi) is 7.14. The van der Waals surface area contributed by atoms with Crippen LogP contribution in [0.4, 0.5) is 0 Å². The summed E-state index contributed by atoms with van der Waals surface area (Å²) in [4.78, 5) is 30.7. The smallest absolute Gasteiger partial charge is 0.254 e. The third-order valence-corrected chi connectivity index (χ3v) is 6.34. The SMILES string of the molecule is COc1cc(OC)cc(C(=O)N2CCN(C(=O)c3cccc(OCc4cccs4)c3)CC2)c1. The predicted octanol–water partition coefficient (Wildman–Crippen LogP) is 3.94. The van der Waals surface area contributed by atoms with Gasteiger partial charge in [0.15, 0.2) is 0 Å². The lowest BCUT2D eigenvalue weighted by Gasteiger charge is -2.35. The second-order valence-electron chi connectivity index (χ2n) is 7.58. The summed E-state index contributed by atoms with van der Waals surface area (Å²) in [7, 11) is 3.10. The number of benzene rings is 2. The van der Waals surface area contributed by atoms with Crippen LogP contribution in [0.3, 0.4) is 0 Å². The van der Waals surface area contributed by atoms with Gasteiger partial charge in [0, 0.05) is 48.2 Å². The molecule has 1 aliphatic rings. The van der Waals surface area contributed by atoms with Crippen molar-refractivity contribution in [3.8, 4) is 17.2 Å². The van der Waals surface area contributed by atoms with E-state index in [0.29, 0.717) is 61.2 Å². The minimum Gasteiger partial charge on any atom is -0.497 e. The first kappa shape index (κ1) is 22.7. The van der Waals surface area contributed by atoms with Gasteiger partial charge >= 0.3 is 0 Å². The molecule has 0 radical (unpaired) electrons. The molecular weight excluding hydrogens is 440 g/mol. The van der Waals surface area contributed by atoms with Gasteiger partial charge in [-0.3, -0.25) is 9.59 Å². The molecule has 2 heterocycles. The molecule has 0 N–H and O–H groups in total. The van der Waals surface area contributed by atoms with Crippen LogP contribution in [0.15, 0.2) is 60.0 Å². The van der Waals surface area contributed by atoms with E-state index in [0.717, 1.165) is 4.88 Å². The third-order valence-electron chi connectivity index (χ3n) is 5.49. The number of ether oxygens (including phenoxy) is 3. The van der Waals surface area contributed by atoms with Crippen molar-refractivity contribution >= 4 is 23.2 Å². The lowest BCUT2D eigenvalue weighted by Crippen LogP contribution is -2.50. The standard InChI is InChI=1S/C25H26N2O5S/c1-30-21-14-19(15-22(16-21)31-2)25(29)27-10-8-26(9-11-27)24(28)18-5-3-6-20(13-18)32-17-23-7-4-12-33-23/h3-7,12-16H,8-11,17H2,1-2H3. The number of carbonyl (C=O) groups is 2. The number of carbonyl (C=O) groups excluding carboxylic acids is 2. The van der Waals surface area contributed by atoms with Gasteiger partial charge in [0.2, 0.25) is 0 Å². The van der Waals surface area contributed by atoms with E-state index in [1.807, 2.05) is 29.6 Å². The molecule has 2 aromatic carbocycles. The molecule has 0 unspecified atom stereocenters. The van der Waals surface area contributed by atoms with Crippen molar-refractivity contribution in [2.24, 2.45) is 0 Å². The Morgan fingerprint density at radius 2 is 1.39 bits per heavy atom. The number of amides is 2. The summed E-state index contributed by atoms with van der Waals surface area (Å²) in [5, 5.41) is 2.01. The largest absolute Gasteiger partial charge is 0.497 e. The molecule has 0 saturated carbocycles. The Morgan fingerprint density at radius 1 is 0.788 bits per heavy atom. The van der Waals surface area contributed by atoms with Crippen LogP contribution in [0, 0.1) is 0 Å². The van der Waals surface area contributed by atoms with E-state index in [1.165, 1.54) is 0 Å². The summed E-state index contributed by atoms with van der Waals surface area (Å²) in [6, 6.07) is 16.4. The molecule has 0 spiro atoms. The fraction of sp³-hybridized carbons (Fsp3) is 0.280. The molecule has 0 aliphatic carbocycles. The molecular formula is C25H26N2O5S. The molecule has 1 aliphatic heterocycles. The molecule has 1 fully saturated rings. The van der Waals surface area contributed by atoms with Crippen LogP contribution in [0.1, 0.15) is 25.6 Å². The molecule has 2 amide bonds. The molecule has 33 heavy (non-hydrogen) atoms. The number of rotatable bonds is 7. The van der Waals surface area contributed by atoms with Crippen molar-refractivity contribution in [3.63, 3.8) is 0 Å². The number of thiophene rings is 1. The maximum Gasteiger partial charge on any atom is 0.254 e. The van der Waals surface area contributed by atoms with Crippen LogP contribution >= 0.6 is 11.3 Å². The molecule has 172 valence electrons. The third kappa shape index (κ3) is 5.46. The molecule has 3 aromatic rings. The highest BCUT2D eigenvalue weighted by molar-refractivity contribution is 7.09. The van der Waals surface area contributed by atoms with Crippen molar-refractivity contribution in [1.82, 2.24) is 9.80 Å². The Balaban J connectivity index is 1.36. The summed E-state index contributed by atoms with van der Waals surface area (Å²) in [6.07, 6.45) is 0. The first-order valence-corrected chi connectivity index (χ1v) is 11.5. The zero-order chi connectivity index (χ0) is 23.2. The van der Waals surface area contributed by atoms with Gasteiger partial charge in [-0.2, -0.15) is 0 Å². The van der Waals surface area contributed by atoms with E-state index < -0.39 is 0 Å². The molecule has 8 heteroatoms. The zero-order valence-electron chi connectivity index (χ0n) is 18.7. The summed E-state index contributed by atoms with van der Waals surface area (Å²) in [5.74, 6) is 1.62. The van der Waals surface area contributed by atoms with Crippen LogP contribution in [-0.2, 0) is 6.61 Å². The molecule has 0 bridgehead atoms. The number of piperazine rings is 1. The Labute approximate surface area is 197 Å². The van der Waals surface area contributed by atoms with Gasteiger partial charge in [-0.25, -0.2) is 0 Å². The second-order valence-corrected chi connectivity index (χ2v) is 8.61. The number of nitrogens with zero attached hydrogens (tertiary/aromatic N) is 2. The van der Waals surface area contributed by atoms with Gasteiger partial charge in [0.1, 0.15) is 23.9 Å². The van der Waals surface area contributed by atoms with E-state index in [-0.39, 0.29) is 11.8 Å². The first-order chi connectivity index (χ1) is 16.1. The highest BCUT2D eigenvalue weighted by atomic mass is 32.1. The Morgan fingerprint density at radius 3 is 1.97 bits per heavy atom. The van der Waals surface area contributed by atoms with Crippen LogP contribution in [0.5, 0.6) is 17.2 Å². The van der Waals surface area contributed by atoms with Crippen LogP contribution in [-0.4, -0.2) is 62.0 Å². The monoisotopic (exact) mass is 466 g/mol. The average molecular weight is 467 g/mol. The maximum absolute atomic E-state index is 13.0. The zero-order valence-corrected chi connectivity index (χ0v) is 19.5. The molecule has 4 rings (SSSR count). The first-order valence-electron chi connectivity index (χ1n) is 10.6. The van der Waals surface area contributed by atoms with E-state index in [9.17, 15) is 9.59 Å². The van der Waals surface area contributed by atoms with E-state index in [4.69, 9.17) is 14.2 Å². The van der Waals surface area contributed by atoms with Gasteiger partial charge in [-0.05, 0) is 41.8 Å².